The SMILES string of the molecule is O=S(=O)(NC1CCS(O)(O)C1)c1ccc(-c2ccnc3[nH]c(C(F)F)cc23)s1. The third-order valence-corrected chi connectivity index (χ3v) is 9.44. The van der Waals surface area contributed by atoms with Gasteiger partial charge in [0.25, 0.3) is 6.43 Å². The number of H-pyrrole nitrogens is 1. The first-order valence-electron chi connectivity index (χ1n) is 8.26. The van der Waals surface area contributed by atoms with E-state index in [2.05, 4.69) is 14.7 Å². The molecule has 0 bridgehead atoms. The lowest BCUT2D eigenvalue weighted by Crippen LogP contribution is -2.34. The van der Waals surface area contributed by atoms with Gasteiger partial charge in [0.1, 0.15) is 9.86 Å². The summed E-state index contributed by atoms with van der Waals surface area (Å²) in [6.45, 7) is 0. The van der Waals surface area contributed by atoms with Gasteiger partial charge in [-0.2, -0.15) is 10.6 Å². The Labute approximate surface area is 165 Å². The van der Waals surface area contributed by atoms with E-state index in [0.29, 0.717) is 27.9 Å². The summed E-state index contributed by atoms with van der Waals surface area (Å²) in [5.41, 5.74) is 0.663. The molecule has 3 aromatic heterocycles. The summed E-state index contributed by atoms with van der Waals surface area (Å²) in [4.78, 5) is 7.21. The molecular weight excluding hydrogens is 432 g/mol. The van der Waals surface area contributed by atoms with E-state index in [0.717, 1.165) is 11.3 Å². The van der Waals surface area contributed by atoms with E-state index in [1.807, 2.05) is 0 Å². The first-order chi connectivity index (χ1) is 13.1. The standard InChI is InChI=1S/C16H17F2N3O4S3/c17-15(18)12-7-11-10(3-5-19-16(11)20-12)13-1-2-14(26-13)28(24,25)21-9-4-6-27(22,23)8-9/h1-3,5,7,9,15,21-23H,4,6,8H2,(H,19,20). The van der Waals surface area contributed by atoms with E-state index in [1.54, 1.807) is 12.1 Å². The van der Waals surface area contributed by atoms with Crippen LogP contribution in [0.3, 0.4) is 0 Å². The van der Waals surface area contributed by atoms with Crippen LogP contribution in [0.2, 0.25) is 0 Å². The third-order valence-electron chi connectivity index (χ3n) is 4.48. The van der Waals surface area contributed by atoms with E-state index in [9.17, 15) is 26.3 Å². The van der Waals surface area contributed by atoms with Gasteiger partial charge in [0.2, 0.25) is 10.0 Å². The smallest absolute Gasteiger partial charge is 0.278 e. The molecule has 1 aliphatic heterocycles. The normalized spacial score (nSPS) is 20.8. The number of pyridine rings is 1. The van der Waals surface area contributed by atoms with Gasteiger partial charge in [-0.25, -0.2) is 26.9 Å². The Hall–Kier alpha value is -1.57. The minimum Gasteiger partial charge on any atom is -0.338 e. The molecule has 1 atom stereocenters. The number of fused-ring (bicyclic) bond motifs is 1. The summed E-state index contributed by atoms with van der Waals surface area (Å²) in [6.07, 6.45) is -0.826. The van der Waals surface area contributed by atoms with Gasteiger partial charge in [-0.05, 0) is 30.7 Å². The van der Waals surface area contributed by atoms with Crippen molar-refractivity contribution in [2.45, 2.75) is 23.1 Å². The van der Waals surface area contributed by atoms with E-state index in [1.165, 1.54) is 18.3 Å². The lowest BCUT2D eigenvalue weighted by molar-refractivity contribution is 0.147. The Morgan fingerprint density at radius 1 is 1.32 bits per heavy atom. The maximum Gasteiger partial charge on any atom is 0.278 e. The highest BCUT2D eigenvalue weighted by molar-refractivity contribution is 8.24. The largest absolute Gasteiger partial charge is 0.338 e. The van der Waals surface area contributed by atoms with Gasteiger partial charge in [-0.15, -0.1) is 11.3 Å². The fourth-order valence-electron chi connectivity index (χ4n) is 3.18. The number of thiophene rings is 1. The highest BCUT2D eigenvalue weighted by Gasteiger charge is 2.32. The second-order valence-corrected chi connectivity index (χ2v) is 11.9. The van der Waals surface area contributed by atoms with Crippen molar-refractivity contribution in [1.29, 1.82) is 0 Å². The number of sulfonamides is 1. The van der Waals surface area contributed by atoms with Crippen LogP contribution in [-0.4, -0.2) is 45.0 Å². The summed E-state index contributed by atoms with van der Waals surface area (Å²) in [7, 11) is -6.54. The molecule has 0 radical (unpaired) electrons. The summed E-state index contributed by atoms with van der Waals surface area (Å²) < 4.78 is 73.1. The average Bonchev–Trinajstić information content (AvgIpc) is 3.32. The van der Waals surface area contributed by atoms with E-state index in [4.69, 9.17) is 0 Å². The zero-order valence-corrected chi connectivity index (χ0v) is 16.8. The molecule has 12 heteroatoms. The molecule has 28 heavy (non-hydrogen) atoms. The maximum absolute atomic E-state index is 13.0. The van der Waals surface area contributed by atoms with Crippen molar-refractivity contribution in [1.82, 2.24) is 14.7 Å². The number of nitrogens with one attached hydrogen (secondary N) is 2. The Balaban J connectivity index is 1.63. The highest BCUT2D eigenvalue weighted by Crippen LogP contribution is 2.46. The van der Waals surface area contributed by atoms with Gasteiger partial charge < -0.3 is 4.98 Å². The highest BCUT2D eigenvalue weighted by atomic mass is 32.3. The fourth-order valence-corrected chi connectivity index (χ4v) is 7.64. The van der Waals surface area contributed by atoms with Gasteiger partial charge >= 0.3 is 0 Å². The predicted octanol–water partition coefficient (Wildman–Crippen LogP) is 4.03. The molecule has 1 saturated heterocycles. The van der Waals surface area contributed by atoms with Crippen molar-refractivity contribution in [3.8, 4) is 10.4 Å². The van der Waals surface area contributed by atoms with E-state index in [-0.39, 0.29) is 21.4 Å². The molecule has 7 nitrogen and oxygen atoms in total. The van der Waals surface area contributed by atoms with Crippen LogP contribution in [0.1, 0.15) is 18.5 Å². The monoisotopic (exact) mass is 449 g/mol. The lowest BCUT2D eigenvalue weighted by atomic mass is 10.1. The summed E-state index contributed by atoms with van der Waals surface area (Å²) in [5.74, 6) is 0.194. The number of rotatable bonds is 5. The van der Waals surface area contributed by atoms with Crippen LogP contribution in [0, 0.1) is 0 Å². The zero-order valence-electron chi connectivity index (χ0n) is 14.3. The fraction of sp³-hybridized carbons (Fsp3) is 0.312. The number of halogens is 2. The molecule has 0 spiro atoms. The molecular formula is C16H17F2N3O4S3. The average molecular weight is 450 g/mol. The van der Waals surface area contributed by atoms with Crippen molar-refractivity contribution in [2.75, 3.05) is 11.5 Å². The molecule has 1 unspecified atom stereocenters. The van der Waals surface area contributed by atoms with Crippen LogP contribution >= 0.6 is 21.9 Å². The van der Waals surface area contributed by atoms with Crippen LogP contribution in [0.5, 0.6) is 0 Å². The van der Waals surface area contributed by atoms with Crippen LogP contribution in [0.15, 0.2) is 34.7 Å². The Morgan fingerprint density at radius 2 is 2.11 bits per heavy atom. The van der Waals surface area contributed by atoms with Crippen molar-refractivity contribution < 1.29 is 26.3 Å². The Kier molecular flexibility index (Phi) is 4.96. The predicted molar refractivity (Wildman–Crippen MR) is 106 cm³/mol. The number of hydrogen-bond donors (Lipinski definition) is 4. The van der Waals surface area contributed by atoms with Crippen molar-refractivity contribution >= 4 is 43.0 Å². The molecule has 1 fully saturated rings. The quantitative estimate of drug-likeness (QED) is 0.469. The molecule has 0 saturated carbocycles. The minimum atomic E-state index is -3.83. The van der Waals surface area contributed by atoms with Crippen molar-refractivity contribution in [2.24, 2.45) is 0 Å². The summed E-state index contributed by atoms with van der Waals surface area (Å²) >= 11 is 1.01. The van der Waals surface area contributed by atoms with Crippen LogP contribution in [0.25, 0.3) is 21.5 Å². The van der Waals surface area contributed by atoms with Gasteiger partial charge in [-0.1, -0.05) is 0 Å². The number of nitrogens with zero attached hydrogens (tertiary/aromatic N) is 1. The van der Waals surface area contributed by atoms with Crippen LogP contribution in [-0.2, 0) is 10.0 Å². The maximum atomic E-state index is 13.0. The summed E-state index contributed by atoms with van der Waals surface area (Å²) in [6, 6.07) is 5.50. The zero-order chi connectivity index (χ0) is 20.1. The second kappa shape index (κ2) is 7.04. The molecule has 4 N–H and O–H groups in total. The van der Waals surface area contributed by atoms with Gasteiger partial charge in [-0.3, -0.25) is 9.11 Å². The topological polar surface area (TPSA) is 115 Å². The molecule has 0 aromatic carbocycles. The van der Waals surface area contributed by atoms with Gasteiger partial charge in [0, 0.05) is 33.8 Å². The van der Waals surface area contributed by atoms with Crippen LogP contribution < -0.4 is 4.72 Å². The lowest BCUT2D eigenvalue weighted by Gasteiger charge is -2.25. The molecule has 3 aromatic rings. The van der Waals surface area contributed by atoms with Crippen molar-refractivity contribution in [3.63, 3.8) is 0 Å². The Morgan fingerprint density at radius 3 is 2.79 bits per heavy atom. The molecule has 4 rings (SSSR count). The van der Waals surface area contributed by atoms with Crippen molar-refractivity contribution in [3.05, 3.63) is 36.2 Å². The number of aromatic nitrogens is 2. The third kappa shape index (κ3) is 3.80. The molecule has 0 aliphatic carbocycles. The first kappa shape index (κ1) is 19.7. The number of alkyl halides is 2. The first-order valence-corrected chi connectivity index (χ1v) is 12.4. The van der Waals surface area contributed by atoms with E-state index >= 15 is 0 Å². The Bertz CT molecular complexity index is 1130. The summed E-state index contributed by atoms with van der Waals surface area (Å²) in [5, 5.41) is 0.487. The van der Waals surface area contributed by atoms with Gasteiger partial charge in [0.15, 0.2) is 0 Å². The number of aromatic amines is 1. The molecule has 0 amide bonds. The van der Waals surface area contributed by atoms with Crippen LogP contribution in [0.4, 0.5) is 8.78 Å². The number of hydrogen-bond acceptors (Lipinski definition) is 6. The molecule has 152 valence electrons. The second-order valence-electron chi connectivity index (χ2n) is 6.54. The van der Waals surface area contributed by atoms with E-state index < -0.39 is 33.1 Å². The minimum absolute atomic E-state index is 0.00912. The molecule has 4 heterocycles. The molecule has 1 aliphatic rings. The van der Waals surface area contributed by atoms with Gasteiger partial charge in [0.05, 0.1) is 11.4 Å².